The van der Waals surface area contributed by atoms with Gasteiger partial charge in [0.15, 0.2) is 11.6 Å². The lowest BCUT2D eigenvalue weighted by Gasteiger charge is -2.38. The summed E-state index contributed by atoms with van der Waals surface area (Å²) in [4.78, 5) is 9.66. The second-order valence-corrected chi connectivity index (χ2v) is 8.23. The van der Waals surface area contributed by atoms with Gasteiger partial charge in [-0.05, 0) is 33.0 Å². The highest BCUT2D eigenvalue weighted by molar-refractivity contribution is 5.87. The van der Waals surface area contributed by atoms with Gasteiger partial charge in [0, 0.05) is 49.5 Å². The molecule has 0 saturated carbocycles. The first kappa shape index (κ1) is 17.9. The number of aryl methyl sites for hydroxylation is 2. The van der Waals surface area contributed by atoms with Gasteiger partial charge in [0.2, 0.25) is 0 Å². The minimum atomic E-state index is 0.259. The molecule has 1 aromatic carbocycles. The number of piperazine rings is 1. The third kappa shape index (κ3) is 2.96. The summed E-state index contributed by atoms with van der Waals surface area (Å²) in [5, 5.41) is 1.17. The molecule has 2 saturated heterocycles. The number of rotatable bonds is 3. The van der Waals surface area contributed by atoms with Crippen molar-refractivity contribution in [1.29, 1.82) is 0 Å². The molecule has 0 aliphatic carbocycles. The second kappa shape index (κ2) is 7.03. The van der Waals surface area contributed by atoms with Gasteiger partial charge in [-0.1, -0.05) is 11.6 Å². The van der Waals surface area contributed by atoms with E-state index in [1.54, 1.807) is 0 Å². The van der Waals surface area contributed by atoms with E-state index in [9.17, 15) is 0 Å². The van der Waals surface area contributed by atoms with Crippen molar-refractivity contribution in [3.8, 4) is 11.6 Å². The molecule has 0 amide bonds. The van der Waals surface area contributed by atoms with E-state index in [4.69, 9.17) is 9.15 Å². The lowest BCUT2D eigenvalue weighted by Crippen LogP contribution is -2.51. The Morgan fingerprint density at radius 1 is 1.04 bits per heavy atom. The maximum atomic E-state index is 6.25. The number of furan rings is 1. The molecule has 2 aromatic heterocycles. The standard InChI is InChI=1S/C22H28N4O2/c1-15-4-5-20-17(12-15)16(2)21(28-20)22-23-6-7-26(22)19-14-27-13-18(19)25-10-8-24(3)9-11-25/h4-7,12,18-19H,8-11,13-14H2,1-3H3/t18-,19-/m0/s1. The Hall–Kier alpha value is -2.15. The summed E-state index contributed by atoms with van der Waals surface area (Å²) < 4.78 is 14.5. The minimum Gasteiger partial charge on any atom is -0.453 e. The summed E-state index contributed by atoms with van der Waals surface area (Å²) in [6.07, 6.45) is 3.96. The quantitative estimate of drug-likeness (QED) is 0.699. The highest BCUT2D eigenvalue weighted by atomic mass is 16.5. The highest BCUT2D eigenvalue weighted by Crippen LogP contribution is 2.35. The van der Waals surface area contributed by atoms with Gasteiger partial charge in [-0.3, -0.25) is 4.90 Å². The predicted octanol–water partition coefficient (Wildman–Crippen LogP) is 3.10. The van der Waals surface area contributed by atoms with Crippen LogP contribution < -0.4 is 0 Å². The number of imidazole rings is 1. The molecule has 6 heteroatoms. The largest absolute Gasteiger partial charge is 0.453 e. The molecule has 2 atom stereocenters. The minimum absolute atomic E-state index is 0.259. The molecular weight excluding hydrogens is 352 g/mol. The third-order valence-electron chi connectivity index (χ3n) is 6.35. The van der Waals surface area contributed by atoms with E-state index in [1.165, 1.54) is 10.9 Å². The van der Waals surface area contributed by atoms with Crippen molar-refractivity contribution in [1.82, 2.24) is 19.4 Å². The van der Waals surface area contributed by atoms with Gasteiger partial charge in [0.25, 0.3) is 0 Å². The Kier molecular flexibility index (Phi) is 4.50. The van der Waals surface area contributed by atoms with Gasteiger partial charge >= 0.3 is 0 Å². The lowest BCUT2D eigenvalue weighted by atomic mass is 10.1. The molecule has 0 bridgehead atoms. The second-order valence-electron chi connectivity index (χ2n) is 8.23. The number of fused-ring (bicyclic) bond motifs is 1. The fourth-order valence-corrected chi connectivity index (χ4v) is 4.60. The predicted molar refractivity (Wildman–Crippen MR) is 110 cm³/mol. The fourth-order valence-electron chi connectivity index (χ4n) is 4.60. The topological polar surface area (TPSA) is 46.7 Å². The first-order valence-electron chi connectivity index (χ1n) is 10.1. The molecular formula is C22H28N4O2. The van der Waals surface area contributed by atoms with Crippen LogP contribution in [0.5, 0.6) is 0 Å². The number of hydrogen-bond donors (Lipinski definition) is 0. The van der Waals surface area contributed by atoms with Crippen molar-refractivity contribution < 1.29 is 9.15 Å². The number of likely N-dealkylation sites (N-methyl/N-ethyl adjacent to an activating group) is 1. The van der Waals surface area contributed by atoms with E-state index in [1.807, 2.05) is 6.20 Å². The van der Waals surface area contributed by atoms with E-state index in [2.05, 4.69) is 64.6 Å². The third-order valence-corrected chi connectivity index (χ3v) is 6.35. The van der Waals surface area contributed by atoms with Crippen molar-refractivity contribution in [3.63, 3.8) is 0 Å². The summed E-state index contributed by atoms with van der Waals surface area (Å²) in [7, 11) is 2.19. The van der Waals surface area contributed by atoms with E-state index in [0.29, 0.717) is 6.04 Å². The normalized spacial score (nSPS) is 24.4. The van der Waals surface area contributed by atoms with Gasteiger partial charge in [-0.25, -0.2) is 4.98 Å². The monoisotopic (exact) mass is 380 g/mol. The maximum Gasteiger partial charge on any atom is 0.176 e. The van der Waals surface area contributed by atoms with Crippen LogP contribution in [0.3, 0.4) is 0 Å². The number of hydrogen-bond acceptors (Lipinski definition) is 5. The summed E-state index contributed by atoms with van der Waals surface area (Å²) in [5.74, 6) is 1.77. The van der Waals surface area contributed by atoms with Crippen LogP contribution in [0.15, 0.2) is 35.0 Å². The molecule has 6 nitrogen and oxygen atoms in total. The highest BCUT2D eigenvalue weighted by Gasteiger charge is 2.37. The summed E-state index contributed by atoms with van der Waals surface area (Å²) in [6, 6.07) is 6.98. The zero-order valence-corrected chi connectivity index (χ0v) is 16.9. The van der Waals surface area contributed by atoms with Crippen LogP contribution in [0.2, 0.25) is 0 Å². The fraction of sp³-hybridized carbons (Fsp3) is 0.500. The molecule has 28 heavy (non-hydrogen) atoms. The molecule has 0 spiro atoms. The smallest absolute Gasteiger partial charge is 0.176 e. The van der Waals surface area contributed by atoms with Crippen LogP contribution in [0.1, 0.15) is 17.2 Å². The molecule has 0 N–H and O–H groups in total. The maximum absolute atomic E-state index is 6.25. The zero-order valence-electron chi connectivity index (χ0n) is 16.9. The molecule has 3 aromatic rings. The van der Waals surface area contributed by atoms with E-state index in [0.717, 1.165) is 62.1 Å². The van der Waals surface area contributed by atoms with Crippen LogP contribution in [0.4, 0.5) is 0 Å². The van der Waals surface area contributed by atoms with Gasteiger partial charge in [0.1, 0.15) is 5.58 Å². The summed E-state index contributed by atoms with van der Waals surface area (Å²) in [6.45, 7) is 10.2. The molecule has 0 radical (unpaired) electrons. The summed E-state index contributed by atoms with van der Waals surface area (Å²) in [5.41, 5.74) is 3.32. The lowest BCUT2D eigenvalue weighted by molar-refractivity contribution is 0.0889. The van der Waals surface area contributed by atoms with Crippen molar-refractivity contribution in [3.05, 3.63) is 41.7 Å². The molecule has 0 unspecified atom stereocenters. The Morgan fingerprint density at radius 3 is 2.64 bits per heavy atom. The Bertz CT molecular complexity index is 984. The molecule has 2 aliphatic rings. The first-order valence-corrected chi connectivity index (χ1v) is 10.1. The van der Waals surface area contributed by atoms with Crippen LogP contribution in [0.25, 0.3) is 22.6 Å². The van der Waals surface area contributed by atoms with Gasteiger partial charge < -0.3 is 18.6 Å². The van der Waals surface area contributed by atoms with E-state index in [-0.39, 0.29) is 6.04 Å². The Balaban J connectivity index is 1.50. The summed E-state index contributed by atoms with van der Waals surface area (Å²) >= 11 is 0. The first-order chi connectivity index (χ1) is 13.6. The SMILES string of the molecule is Cc1ccc2oc(-c3nccn3[C@H]3COC[C@@H]3N3CCN(C)CC3)c(C)c2c1. The van der Waals surface area contributed by atoms with Crippen LogP contribution >= 0.6 is 0 Å². The molecule has 148 valence electrons. The number of aromatic nitrogens is 2. The van der Waals surface area contributed by atoms with Crippen molar-refractivity contribution in [2.24, 2.45) is 0 Å². The molecule has 5 rings (SSSR count). The Labute approximate surface area is 165 Å². The van der Waals surface area contributed by atoms with Gasteiger partial charge in [0.05, 0.1) is 25.3 Å². The Morgan fingerprint density at radius 2 is 1.82 bits per heavy atom. The van der Waals surface area contributed by atoms with Gasteiger partial charge in [-0.15, -0.1) is 0 Å². The van der Waals surface area contributed by atoms with E-state index >= 15 is 0 Å². The van der Waals surface area contributed by atoms with E-state index < -0.39 is 0 Å². The molecule has 2 aliphatic heterocycles. The van der Waals surface area contributed by atoms with Crippen LogP contribution in [0, 0.1) is 13.8 Å². The average Bonchev–Trinajstić information content (AvgIpc) is 3.41. The number of ether oxygens (including phenoxy) is 1. The van der Waals surface area contributed by atoms with Crippen molar-refractivity contribution >= 4 is 11.0 Å². The number of benzene rings is 1. The van der Waals surface area contributed by atoms with Crippen molar-refractivity contribution in [2.75, 3.05) is 46.4 Å². The van der Waals surface area contributed by atoms with Crippen LogP contribution in [-0.2, 0) is 4.74 Å². The zero-order chi connectivity index (χ0) is 19.3. The van der Waals surface area contributed by atoms with Crippen molar-refractivity contribution in [2.45, 2.75) is 25.9 Å². The van der Waals surface area contributed by atoms with Crippen LogP contribution in [-0.4, -0.2) is 71.8 Å². The van der Waals surface area contributed by atoms with Gasteiger partial charge in [-0.2, -0.15) is 0 Å². The average molecular weight is 380 g/mol. The molecule has 2 fully saturated rings. The molecule has 4 heterocycles. The number of nitrogens with zero attached hydrogens (tertiary/aromatic N) is 4.